The SMILES string of the molecule is CCS(=O)(=O)c1nsc(NC(=O)C(C#N)=Cc2cc(C)n(-c3ccc(F)cc3)c2C)n1. The van der Waals surface area contributed by atoms with E-state index in [1.165, 1.54) is 25.1 Å². The van der Waals surface area contributed by atoms with Gasteiger partial charge in [-0.25, -0.2) is 12.8 Å². The molecule has 0 unspecified atom stereocenters. The smallest absolute Gasteiger partial charge is 0.268 e. The van der Waals surface area contributed by atoms with Crippen LogP contribution in [0.15, 0.2) is 41.1 Å². The van der Waals surface area contributed by atoms with Crippen molar-refractivity contribution in [2.24, 2.45) is 0 Å². The molecular weight excluding hydrogens is 441 g/mol. The van der Waals surface area contributed by atoms with Crippen LogP contribution in [0.2, 0.25) is 0 Å². The van der Waals surface area contributed by atoms with E-state index in [1.54, 1.807) is 18.2 Å². The maximum absolute atomic E-state index is 13.2. The van der Waals surface area contributed by atoms with Crippen molar-refractivity contribution in [1.82, 2.24) is 13.9 Å². The Balaban J connectivity index is 1.88. The van der Waals surface area contributed by atoms with E-state index in [0.29, 0.717) is 5.56 Å². The number of benzene rings is 1. The van der Waals surface area contributed by atoms with E-state index in [0.717, 1.165) is 28.6 Å². The molecule has 2 aromatic heterocycles. The third-order valence-electron chi connectivity index (χ3n) is 4.51. The number of anilines is 1. The number of rotatable bonds is 6. The first-order chi connectivity index (χ1) is 14.7. The summed E-state index contributed by atoms with van der Waals surface area (Å²) in [5, 5.41) is 11.5. The van der Waals surface area contributed by atoms with Crippen molar-refractivity contribution in [2.45, 2.75) is 25.9 Å². The van der Waals surface area contributed by atoms with Gasteiger partial charge in [-0.15, -0.1) is 0 Å². The van der Waals surface area contributed by atoms with Crippen LogP contribution in [0.1, 0.15) is 23.9 Å². The Hall–Kier alpha value is -3.36. The molecule has 1 amide bonds. The molecule has 0 atom stereocenters. The zero-order valence-corrected chi connectivity index (χ0v) is 18.5. The molecular formula is C20H18FN5O3S2. The summed E-state index contributed by atoms with van der Waals surface area (Å²) < 4.78 is 42.5. The van der Waals surface area contributed by atoms with E-state index in [1.807, 2.05) is 24.5 Å². The fourth-order valence-corrected chi connectivity index (χ4v) is 4.49. The second-order valence-corrected chi connectivity index (χ2v) is 9.47. The Morgan fingerprint density at radius 2 is 2.00 bits per heavy atom. The van der Waals surface area contributed by atoms with Gasteiger partial charge in [0.2, 0.25) is 15.0 Å². The molecule has 3 aromatic rings. The monoisotopic (exact) mass is 459 g/mol. The summed E-state index contributed by atoms with van der Waals surface area (Å²) in [5.41, 5.74) is 2.80. The Morgan fingerprint density at radius 3 is 2.61 bits per heavy atom. The number of sulfone groups is 1. The minimum absolute atomic E-state index is 0.0186. The molecule has 31 heavy (non-hydrogen) atoms. The van der Waals surface area contributed by atoms with Gasteiger partial charge in [0.1, 0.15) is 17.5 Å². The lowest BCUT2D eigenvalue weighted by Gasteiger charge is -2.09. The highest BCUT2D eigenvalue weighted by molar-refractivity contribution is 7.91. The number of halogens is 1. The van der Waals surface area contributed by atoms with Crippen LogP contribution in [-0.2, 0) is 14.6 Å². The summed E-state index contributed by atoms with van der Waals surface area (Å²) >= 11 is 0.719. The molecule has 0 bridgehead atoms. The number of nitrogens with one attached hydrogen (secondary N) is 1. The zero-order chi connectivity index (χ0) is 22.8. The normalized spacial score (nSPS) is 11.9. The topological polar surface area (TPSA) is 118 Å². The Bertz CT molecular complexity index is 1320. The summed E-state index contributed by atoms with van der Waals surface area (Å²) in [5.74, 6) is -1.24. The number of hydrogen-bond donors (Lipinski definition) is 1. The molecule has 0 saturated heterocycles. The molecule has 0 radical (unpaired) electrons. The average molecular weight is 460 g/mol. The molecule has 160 valence electrons. The molecule has 2 heterocycles. The van der Waals surface area contributed by atoms with E-state index in [-0.39, 0.29) is 27.4 Å². The summed E-state index contributed by atoms with van der Waals surface area (Å²) in [7, 11) is -3.59. The minimum atomic E-state index is -3.59. The molecule has 0 aliphatic carbocycles. The van der Waals surface area contributed by atoms with Crippen LogP contribution in [0.5, 0.6) is 0 Å². The third kappa shape index (κ3) is 4.70. The molecule has 3 rings (SSSR count). The minimum Gasteiger partial charge on any atom is -0.318 e. The van der Waals surface area contributed by atoms with Gasteiger partial charge in [0.15, 0.2) is 0 Å². The van der Waals surface area contributed by atoms with Gasteiger partial charge in [0.25, 0.3) is 11.1 Å². The highest BCUT2D eigenvalue weighted by Crippen LogP contribution is 2.24. The van der Waals surface area contributed by atoms with Crippen LogP contribution in [0.4, 0.5) is 9.52 Å². The van der Waals surface area contributed by atoms with Crippen LogP contribution >= 0.6 is 11.5 Å². The molecule has 8 nitrogen and oxygen atoms in total. The number of aromatic nitrogens is 3. The van der Waals surface area contributed by atoms with Crippen molar-refractivity contribution in [3.63, 3.8) is 0 Å². The molecule has 11 heteroatoms. The lowest BCUT2D eigenvalue weighted by Crippen LogP contribution is -2.14. The maximum atomic E-state index is 13.2. The van der Waals surface area contributed by atoms with Gasteiger partial charge in [-0.2, -0.15) is 14.6 Å². The number of amides is 1. The standard InChI is InChI=1S/C20H18FN5O3S2/c1-4-31(28,29)20-24-19(30-25-20)23-18(27)15(11-22)10-14-9-12(2)26(13(14)3)17-7-5-16(21)6-8-17/h5-10H,4H2,1-3H3,(H,23,24,25,27). The Labute approximate surface area is 182 Å². The van der Waals surface area contributed by atoms with Crippen LogP contribution in [-0.4, -0.2) is 34.0 Å². The van der Waals surface area contributed by atoms with E-state index in [9.17, 15) is 22.9 Å². The van der Waals surface area contributed by atoms with Crippen molar-refractivity contribution in [3.8, 4) is 11.8 Å². The molecule has 1 N–H and O–H groups in total. The predicted octanol–water partition coefficient (Wildman–Crippen LogP) is 3.42. The van der Waals surface area contributed by atoms with E-state index in [4.69, 9.17) is 0 Å². The average Bonchev–Trinajstić information content (AvgIpc) is 3.31. The van der Waals surface area contributed by atoms with Gasteiger partial charge >= 0.3 is 0 Å². The van der Waals surface area contributed by atoms with Gasteiger partial charge in [-0.1, -0.05) is 6.92 Å². The van der Waals surface area contributed by atoms with Crippen molar-refractivity contribution in [2.75, 3.05) is 11.1 Å². The quantitative estimate of drug-likeness (QED) is 0.446. The van der Waals surface area contributed by atoms with Crippen molar-refractivity contribution in [1.29, 1.82) is 5.26 Å². The number of carbonyl (C=O) groups is 1. The van der Waals surface area contributed by atoms with Crippen molar-refractivity contribution in [3.05, 3.63) is 58.7 Å². The summed E-state index contributed by atoms with van der Waals surface area (Å²) in [6.07, 6.45) is 1.43. The highest BCUT2D eigenvalue weighted by atomic mass is 32.2. The van der Waals surface area contributed by atoms with Gasteiger partial charge in [0.05, 0.1) is 5.75 Å². The van der Waals surface area contributed by atoms with Crippen LogP contribution in [0, 0.1) is 31.0 Å². The Morgan fingerprint density at radius 1 is 1.32 bits per heavy atom. The van der Waals surface area contributed by atoms with Crippen molar-refractivity contribution >= 4 is 38.5 Å². The van der Waals surface area contributed by atoms with Gasteiger partial charge in [0, 0.05) is 28.6 Å². The second kappa shape index (κ2) is 8.79. The zero-order valence-electron chi connectivity index (χ0n) is 16.9. The van der Waals surface area contributed by atoms with E-state index < -0.39 is 15.7 Å². The molecule has 0 saturated carbocycles. The first-order valence-corrected chi connectivity index (χ1v) is 11.5. The van der Waals surface area contributed by atoms with E-state index in [2.05, 4.69) is 14.7 Å². The number of carbonyl (C=O) groups excluding carboxylic acids is 1. The molecule has 0 aliphatic heterocycles. The third-order valence-corrected chi connectivity index (χ3v) is 6.75. The van der Waals surface area contributed by atoms with Gasteiger partial charge in [-0.3, -0.25) is 10.1 Å². The number of nitriles is 1. The van der Waals surface area contributed by atoms with Crippen LogP contribution < -0.4 is 5.32 Å². The van der Waals surface area contributed by atoms with E-state index >= 15 is 0 Å². The van der Waals surface area contributed by atoms with Crippen LogP contribution in [0.3, 0.4) is 0 Å². The van der Waals surface area contributed by atoms with Gasteiger partial charge < -0.3 is 4.57 Å². The molecule has 0 spiro atoms. The fourth-order valence-electron chi connectivity index (χ4n) is 2.91. The first kappa shape index (κ1) is 22.3. The second-order valence-electron chi connectivity index (χ2n) is 6.55. The lowest BCUT2D eigenvalue weighted by molar-refractivity contribution is -0.112. The number of aryl methyl sites for hydroxylation is 1. The first-order valence-electron chi connectivity index (χ1n) is 9.10. The fraction of sp³-hybridized carbons (Fsp3) is 0.200. The van der Waals surface area contributed by atoms with Crippen LogP contribution in [0.25, 0.3) is 11.8 Å². The summed E-state index contributed by atoms with van der Waals surface area (Å²) in [6.45, 7) is 5.14. The maximum Gasteiger partial charge on any atom is 0.268 e. The Kier molecular flexibility index (Phi) is 6.33. The summed E-state index contributed by atoms with van der Waals surface area (Å²) in [6, 6.07) is 9.64. The lowest BCUT2D eigenvalue weighted by atomic mass is 10.1. The predicted molar refractivity (Wildman–Crippen MR) is 115 cm³/mol. The van der Waals surface area contributed by atoms with Crippen molar-refractivity contribution < 1.29 is 17.6 Å². The molecule has 0 aliphatic rings. The highest BCUT2D eigenvalue weighted by Gasteiger charge is 2.20. The number of nitrogens with zero attached hydrogens (tertiary/aromatic N) is 4. The number of hydrogen-bond acceptors (Lipinski definition) is 7. The largest absolute Gasteiger partial charge is 0.318 e. The molecule has 1 aromatic carbocycles. The van der Waals surface area contributed by atoms with Gasteiger partial charge in [-0.05, 0) is 55.8 Å². The summed E-state index contributed by atoms with van der Waals surface area (Å²) in [4.78, 5) is 16.3. The molecule has 0 fully saturated rings.